The average Bonchev–Trinajstić information content (AvgIpc) is 2.97. The Morgan fingerprint density at radius 2 is 1.77 bits per heavy atom. The molecule has 0 saturated carbocycles. The van der Waals surface area contributed by atoms with Gasteiger partial charge in [0.05, 0.1) is 0 Å². The lowest BCUT2D eigenvalue weighted by Gasteiger charge is -2.12. The highest BCUT2D eigenvalue weighted by atomic mass is 19.1. The molecule has 1 aliphatic rings. The van der Waals surface area contributed by atoms with Gasteiger partial charge in [0.2, 0.25) is 0 Å². The Morgan fingerprint density at radius 3 is 2.50 bits per heavy atom. The first-order chi connectivity index (χ1) is 10.6. The van der Waals surface area contributed by atoms with E-state index in [1.54, 1.807) is 6.07 Å². The third-order valence-corrected chi connectivity index (χ3v) is 3.35. The molecule has 2 aromatic rings. The molecular weight excluding hydrogens is 287 g/mol. The van der Waals surface area contributed by atoms with E-state index in [1.807, 2.05) is 18.2 Å². The predicted molar refractivity (Wildman–Crippen MR) is 76.6 cm³/mol. The van der Waals surface area contributed by atoms with Crippen LogP contribution in [0.2, 0.25) is 0 Å². The molecule has 0 aromatic heterocycles. The van der Waals surface area contributed by atoms with E-state index in [9.17, 15) is 14.0 Å². The maximum atomic E-state index is 12.8. The van der Waals surface area contributed by atoms with Gasteiger partial charge in [-0.2, -0.15) is 0 Å². The number of rotatable bonds is 2. The van der Waals surface area contributed by atoms with Gasteiger partial charge in [-0.05, 0) is 35.9 Å². The fourth-order valence-corrected chi connectivity index (χ4v) is 2.20. The number of halogens is 1. The molecule has 5 nitrogen and oxygen atoms in total. The number of ether oxygens (including phenoxy) is 1. The summed E-state index contributed by atoms with van der Waals surface area (Å²) in [4.78, 5) is 23.8. The number of fused-ring (bicyclic) bond motifs is 1. The first-order valence-electron chi connectivity index (χ1n) is 6.74. The summed E-state index contributed by atoms with van der Waals surface area (Å²) in [5.41, 5.74) is 5.79. The Labute approximate surface area is 126 Å². The van der Waals surface area contributed by atoms with Crippen LogP contribution in [0, 0.1) is 5.82 Å². The number of hydrogen-bond donors (Lipinski definition) is 2. The summed E-state index contributed by atoms with van der Waals surface area (Å²) in [5, 5.41) is 0. The number of carbonyl (C=O) groups excluding carboxylic acids is 2. The molecule has 0 radical (unpaired) electrons. The van der Waals surface area contributed by atoms with Crippen LogP contribution in [0.15, 0.2) is 48.5 Å². The number of amides is 2. The molecule has 2 aromatic carbocycles. The van der Waals surface area contributed by atoms with Gasteiger partial charge in [-0.3, -0.25) is 20.4 Å². The molecule has 112 valence electrons. The van der Waals surface area contributed by atoms with Gasteiger partial charge in [0.25, 0.3) is 11.8 Å². The largest absolute Gasteiger partial charge is 0.480 e. The molecule has 1 heterocycles. The standard InChI is InChI=1S/C16H13FN2O3/c17-12-7-5-10(6-8-12)15(20)18-19-16(21)14-9-11-3-1-2-4-13(11)22-14/h1-8,14H,9H2,(H,18,20)(H,19,21)/t14-/m1/s1. The Balaban J connectivity index is 1.55. The zero-order chi connectivity index (χ0) is 15.5. The number of nitrogens with one attached hydrogen (secondary N) is 2. The second kappa shape index (κ2) is 5.85. The zero-order valence-electron chi connectivity index (χ0n) is 11.5. The monoisotopic (exact) mass is 300 g/mol. The fraction of sp³-hybridized carbons (Fsp3) is 0.125. The van der Waals surface area contributed by atoms with E-state index in [0.717, 1.165) is 5.56 Å². The van der Waals surface area contributed by atoms with Crippen LogP contribution in [0.3, 0.4) is 0 Å². The minimum atomic E-state index is -0.675. The normalized spacial score (nSPS) is 15.6. The number of benzene rings is 2. The maximum Gasteiger partial charge on any atom is 0.279 e. The van der Waals surface area contributed by atoms with Crippen molar-refractivity contribution in [2.45, 2.75) is 12.5 Å². The van der Waals surface area contributed by atoms with Crippen molar-refractivity contribution in [3.63, 3.8) is 0 Å². The minimum Gasteiger partial charge on any atom is -0.480 e. The summed E-state index contributed by atoms with van der Waals surface area (Å²) in [6.07, 6.45) is -0.222. The first kappa shape index (κ1) is 14.1. The summed E-state index contributed by atoms with van der Waals surface area (Å²) in [5.74, 6) is -0.722. The van der Waals surface area contributed by atoms with Gasteiger partial charge < -0.3 is 4.74 Å². The van der Waals surface area contributed by atoms with E-state index in [0.29, 0.717) is 12.2 Å². The van der Waals surface area contributed by atoms with Crippen molar-refractivity contribution in [2.75, 3.05) is 0 Å². The highest BCUT2D eigenvalue weighted by molar-refractivity contribution is 5.95. The van der Waals surface area contributed by atoms with Crippen LogP contribution < -0.4 is 15.6 Å². The predicted octanol–water partition coefficient (Wildman–Crippen LogP) is 1.59. The molecule has 0 unspecified atom stereocenters. The molecule has 2 N–H and O–H groups in total. The molecule has 1 atom stereocenters. The van der Waals surface area contributed by atoms with Gasteiger partial charge in [-0.1, -0.05) is 18.2 Å². The average molecular weight is 300 g/mol. The van der Waals surface area contributed by atoms with Crippen molar-refractivity contribution >= 4 is 11.8 Å². The Hall–Kier alpha value is -2.89. The summed E-state index contributed by atoms with van der Waals surface area (Å²) >= 11 is 0. The SMILES string of the molecule is O=C(NNC(=O)[C@H]1Cc2ccccc2O1)c1ccc(F)cc1. The number of para-hydroxylation sites is 1. The lowest BCUT2D eigenvalue weighted by molar-refractivity contribution is -0.128. The molecular formula is C16H13FN2O3. The Bertz CT molecular complexity index is 691. The third-order valence-electron chi connectivity index (χ3n) is 3.35. The van der Waals surface area contributed by atoms with Crippen molar-refractivity contribution < 1.29 is 18.7 Å². The van der Waals surface area contributed by atoms with Crippen LogP contribution in [0.25, 0.3) is 0 Å². The van der Waals surface area contributed by atoms with E-state index >= 15 is 0 Å². The van der Waals surface area contributed by atoms with E-state index < -0.39 is 23.7 Å². The van der Waals surface area contributed by atoms with Crippen molar-refractivity contribution in [2.24, 2.45) is 0 Å². The fourth-order valence-electron chi connectivity index (χ4n) is 2.20. The van der Waals surface area contributed by atoms with Crippen molar-refractivity contribution in [3.8, 4) is 5.75 Å². The topological polar surface area (TPSA) is 67.4 Å². The Morgan fingerprint density at radius 1 is 1.05 bits per heavy atom. The highest BCUT2D eigenvalue weighted by Gasteiger charge is 2.28. The molecule has 3 rings (SSSR count). The van der Waals surface area contributed by atoms with Gasteiger partial charge in [0.15, 0.2) is 6.10 Å². The van der Waals surface area contributed by atoms with Crippen LogP contribution in [0.1, 0.15) is 15.9 Å². The summed E-state index contributed by atoms with van der Waals surface area (Å²) < 4.78 is 18.3. The van der Waals surface area contributed by atoms with Crippen molar-refractivity contribution in [3.05, 3.63) is 65.5 Å². The van der Waals surface area contributed by atoms with E-state index in [-0.39, 0.29) is 5.56 Å². The first-order valence-corrected chi connectivity index (χ1v) is 6.74. The molecule has 2 amide bonds. The van der Waals surface area contributed by atoms with E-state index in [2.05, 4.69) is 10.9 Å². The summed E-state index contributed by atoms with van der Waals surface area (Å²) in [6, 6.07) is 12.4. The van der Waals surface area contributed by atoms with Gasteiger partial charge in [-0.15, -0.1) is 0 Å². The molecule has 0 aliphatic carbocycles. The van der Waals surface area contributed by atoms with Gasteiger partial charge in [0.1, 0.15) is 11.6 Å². The van der Waals surface area contributed by atoms with Crippen LogP contribution in [-0.2, 0) is 11.2 Å². The van der Waals surface area contributed by atoms with Gasteiger partial charge in [0, 0.05) is 12.0 Å². The number of hydrazine groups is 1. The van der Waals surface area contributed by atoms with Crippen molar-refractivity contribution in [1.29, 1.82) is 0 Å². The van der Waals surface area contributed by atoms with Crippen molar-refractivity contribution in [1.82, 2.24) is 10.9 Å². The van der Waals surface area contributed by atoms with Crippen LogP contribution in [-0.4, -0.2) is 17.9 Å². The minimum absolute atomic E-state index is 0.248. The highest BCUT2D eigenvalue weighted by Crippen LogP contribution is 2.27. The molecule has 0 spiro atoms. The molecule has 0 bridgehead atoms. The number of hydrogen-bond acceptors (Lipinski definition) is 3. The summed E-state index contributed by atoms with van der Waals surface area (Å²) in [7, 11) is 0. The third kappa shape index (κ3) is 2.90. The number of carbonyl (C=O) groups is 2. The van der Waals surface area contributed by atoms with E-state index in [4.69, 9.17) is 4.74 Å². The van der Waals surface area contributed by atoms with Crippen LogP contribution in [0.4, 0.5) is 4.39 Å². The molecule has 22 heavy (non-hydrogen) atoms. The quantitative estimate of drug-likeness (QED) is 0.828. The maximum absolute atomic E-state index is 12.8. The zero-order valence-corrected chi connectivity index (χ0v) is 11.5. The van der Waals surface area contributed by atoms with Gasteiger partial charge in [-0.25, -0.2) is 4.39 Å². The molecule has 0 saturated heterocycles. The molecule has 0 fully saturated rings. The lowest BCUT2D eigenvalue weighted by Crippen LogP contribution is -2.47. The molecule has 1 aliphatic heterocycles. The smallest absolute Gasteiger partial charge is 0.279 e. The van der Waals surface area contributed by atoms with Crippen LogP contribution in [0.5, 0.6) is 5.75 Å². The molecule has 6 heteroatoms. The summed E-state index contributed by atoms with van der Waals surface area (Å²) in [6.45, 7) is 0. The van der Waals surface area contributed by atoms with Crippen LogP contribution >= 0.6 is 0 Å². The van der Waals surface area contributed by atoms with E-state index in [1.165, 1.54) is 24.3 Å². The Kier molecular flexibility index (Phi) is 3.74. The second-order valence-electron chi connectivity index (χ2n) is 4.87. The second-order valence-corrected chi connectivity index (χ2v) is 4.87. The van der Waals surface area contributed by atoms with Gasteiger partial charge >= 0.3 is 0 Å². The lowest BCUT2D eigenvalue weighted by atomic mass is 10.1.